The number of nitrogens with zero attached hydrogens (tertiary/aromatic N) is 4. The number of aromatic nitrogens is 2. The van der Waals surface area contributed by atoms with Crippen LogP contribution in [-0.2, 0) is 6.18 Å². The second-order valence-electron chi connectivity index (χ2n) is 6.49. The van der Waals surface area contributed by atoms with Crippen molar-refractivity contribution in [3.63, 3.8) is 0 Å². The van der Waals surface area contributed by atoms with Gasteiger partial charge in [-0.15, -0.1) is 0 Å². The lowest BCUT2D eigenvalue weighted by molar-refractivity contribution is -0.137. The van der Waals surface area contributed by atoms with E-state index in [1.165, 1.54) is 24.5 Å². The summed E-state index contributed by atoms with van der Waals surface area (Å²) >= 11 is 0. The number of carbonyl (C=O) groups excluding carboxylic acids is 1. The Kier molecular flexibility index (Phi) is 4.95. The van der Waals surface area contributed by atoms with Gasteiger partial charge in [-0.3, -0.25) is 9.78 Å². The number of carbonyl (C=O) groups is 1. The Balaban J connectivity index is 1.80. The van der Waals surface area contributed by atoms with E-state index in [1.54, 1.807) is 11.9 Å². The second kappa shape index (κ2) is 7.03. The second-order valence-corrected chi connectivity index (χ2v) is 6.49. The summed E-state index contributed by atoms with van der Waals surface area (Å²) in [6, 6.07) is 4.76. The Morgan fingerprint density at radius 1 is 1.23 bits per heavy atom. The van der Waals surface area contributed by atoms with Crippen molar-refractivity contribution in [3.05, 3.63) is 47.9 Å². The molecule has 2 heterocycles. The van der Waals surface area contributed by atoms with Crippen LogP contribution in [-0.4, -0.2) is 58.9 Å². The monoisotopic (exact) mass is 364 g/mol. The van der Waals surface area contributed by atoms with Gasteiger partial charge in [0.05, 0.1) is 23.7 Å². The first kappa shape index (κ1) is 18.3. The van der Waals surface area contributed by atoms with Crippen molar-refractivity contribution in [1.29, 1.82) is 0 Å². The van der Waals surface area contributed by atoms with Gasteiger partial charge in [-0.1, -0.05) is 12.1 Å². The molecule has 0 bridgehead atoms. The van der Waals surface area contributed by atoms with E-state index in [0.717, 1.165) is 31.6 Å². The normalized spacial score (nSPS) is 18.1. The Hall–Kier alpha value is -2.48. The minimum absolute atomic E-state index is 0.115. The van der Waals surface area contributed by atoms with E-state index in [4.69, 9.17) is 0 Å². The van der Waals surface area contributed by atoms with Gasteiger partial charge >= 0.3 is 6.18 Å². The molecule has 1 fully saturated rings. The maximum atomic E-state index is 12.7. The van der Waals surface area contributed by atoms with E-state index >= 15 is 0 Å². The predicted octanol–water partition coefficient (Wildman–Crippen LogP) is 2.94. The summed E-state index contributed by atoms with van der Waals surface area (Å²) in [5.74, 6) is -0.244. The molecule has 0 N–H and O–H groups in total. The van der Waals surface area contributed by atoms with Gasteiger partial charge in [-0.2, -0.15) is 13.2 Å². The van der Waals surface area contributed by atoms with Gasteiger partial charge in [0.1, 0.15) is 5.69 Å². The number of likely N-dealkylation sites (tertiary alicyclic amines) is 1. The lowest BCUT2D eigenvalue weighted by Crippen LogP contribution is -2.39. The molecule has 8 heteroatoms. The Morgan fingerprint density at radius 2 is 1.92 bits per heavy atom. The molecule has 138 valence electrons. The van der Waals surface area contributed by atoms with Crippen molar-refractivity contribution in [2.24, 2.45) is 0 Å². The molecule has 1 saturated heterocycles. The molecule has 0 spiro atoms. The topological polar surface area (TPSA) is 49.3 Å². The molecular weight excluding hydrogens is 345 g/mol. The van der Waals surface area contributed by atoms with E-state index in [-0.39, 0.29) is 17.6 Å². The van der Waals surface area contributed by atoms with E-state index in [2.05, 4.69) is 14.9 Å². The summed E-state index contributed by atoms with van der Waals surface area (Å²) in [7, 11) is 3.74. The molecule has 0 aliphatic carbocycles. The van der Waals surface area contributed by atoms with Crippen molar-refractivity contribution in [3.8, 4) is 11.3 Å². The summed E-state index contributed by atoms with van der Waals surface area (Å²) < 4.78 is 38.0. The number of likely N-dealkylation sites (N-methyl/N-ethyl adjacent to an activating group) is 2. The number of benzene rings is 1. The average molecular weight is 364 g/mol. The third-order valence-electron chi connectivity index (χ3n) is 4.60. The van der Waals surface area contributed by atoms with Crippen molar-refractivity contribution >= 4 is 5.91 Å². The highest BCUT2D eigenvalue weighted by Crippen LogP contribution is 2.30. The molecule has 1 atom stereocenters. The highest BCUT2D eigenvalue weighted by molar-refractivity contribution is 5.92. The largest absolute Gasteiger partial charge is 0.416 e. The quantitative estimate of drug-likeness (QED) is 0.840. The lowest BCUT2D eigenvalue weighted by atomic mass is 10.1. The molecule has 1 amide bonds. The SMILES string of the molecule is CN1CCC(N(C)C(=O)c2cncc(-c3ccc(C(F)(F)F)cc3)n2)C1. The predicted molar refractivity (Wildman–Crippen MR) is 90.5 cm³/mol. The van der Waals surface area contributed by atoms with Crippen LogP contribution in [0.5, 0.6) is 0 Å². The average Bonchev–Trinajstić information content (AvgIpc) is 3.06. The maximum Gasteiger partial charge on any atom is 0.416 e. The molecule has 3 rings (SSSR count). The molecule has 0 saturated carbocycles. The Bertz CT molecular complexity index is 792. The van der Waals surface area contributed by atoms with E-state index in [1.807, 2.05) is 7.05 Å². The zero-order valence-corrected chi connectivity index (χ0v) is 14.5. The summed E-state index contributed by atoms with van der Waals surface area (Å²) in [4.78, 5) is 24.8. The summed E-state index contributed by atoms with van der Waals surface area (Å²) in [6.07, 6.45) is -0.683. The van der Waals surface area contributed by atoms with Crippen LogP contribution in [0.4, 0.5) is 13.2 Å². The fourth-order valence-electron chi connectivity index (χ4n) is 3.01. The van der Waals surface area contributed by atoms with E-state index < -0.39 is 11.7 Å². The van der Waals surface area contributed by atoms with Crippen LogP contribution >= 0.6 is 0 Å². The first-order valence-corrected chi connectivity index (χ1v) is 8.21. The van der Waals surface area contributed by atoms with Crippen LogP contribution in [0, 0.1) is 0 Å². The fraction of sp³-hybridized carbons (Fsp3) is 0.389. The fourth-order valence-corrected chi connectivity index (χ4v) is 3.01. The number of halogens is 3. The summed E-state index contributed by atoms with van der Waals surface area (Å²) in [6.45, 7) is 1.73. The van der Waals surface area contributed by atoms with Crippen LogP contribution in [0.25, 0.3) is 11.3 Å². The molecule has 26 heavy (non-hydrogen) atoms. The number of alkyl halides is 3. The number of hydrogen-bond acceptors (Lipinski definition) is 4. The Labute approximate surface area is 149 Å². The molecular formula is C18H19F3N4O. The van der Waals surface area contributed by atoms with Gasteiger partial charge in [0, 0.05) is 25.2 Å². The number of hydrogen-bond donors (Lipinski definition) is 0. The van der Waals surface area contributed by atoms with Gasteiger partial charge in [0.15, 0.2) is 0 Å². The number of amides is 1. The van der Waals surface area contributed by atoms with Crippen molar-refractivity contribution in [1.82, 2.24) is 19.8 Å². The van der Waals surface area contributed by atoms with Gasteiger partial charge < -0.3 is 9.80 Å². The molecule has 1 aromatic carbocycles. The smallest absolute Gasteiger partial charge is 0.336 e. The first-order chi connectivity index (χ1) is 12.3. The van der Waals surface area contributed by atoms with Crippen LogP contribution in [0.3, 0.4) is 0 Å². The molecule has 1 aliphatic heterocycles. The third kappa shape index (κ3) is 3.85. The number of rotatable bonds is 3. The highest BCUT2D eigenvalue weighted by atomic mass is 19.4. The summed E-state index contributed by atoms with van der Waals surface area (Å²) in [5.41, 5.74) is 0.288. The van der Waals surface area contributed by atoms with E-state index in [0.29, 0.717) is 11.3 Å². The molecule has 1 unspecified atom stereocenters. The lowest BCUT2D eigenvalue weighted by Gasteiger charge is -2.24. The van der Waals surface area contributed by atoms with Crippen molar-refractivity contribution < 1.29 is 18.0 Å². The third-order valence-corrected chi connectivity index (χ3v) is 4.60. The molecule has 2 aromatic rings. The van der Waals surface area contributed by atoms with E-state index in [9.17, 15) is 18.0 Å². The zero-order chi connectivity index (χ0) is 18.9. The minimum Gasteiger partial charge on any atom is -0.336 e. The van der Waals surface area contributed by atoms with Crippen molar-refractivity contribution in [2.45, 2.75) is 18.6 Å². The Morgan fingerprint density at radius 3 is 2.50 bits per heavy atom. The minimum atomic E-state index is -4.39. The summed E-state index contributed by atoms with van der Waals surface area (Å²) in [5, 5.41) is 0. The zero-order valence-electron chi connectivity index (χ0n) is 14.5. The van der Waals surface area contributed by atoms with Crippen molar-refractivity contribution in [2.75, 3.05) is 27.2 Å². The molecule has 5 nitrogen and oxygen atoms in total. The van der Waals surface area contributed by atoms with Gasteiger partial charge in [-0.05, 0) is 32.1 Å². The van der Waals surface area contributed by atoms with Gasteiger partial charge in [-0.25, -0.2) is 4.98 Å². The standard InChI is InChI=1S/C18H19F3N4O/c1-24-8-7-14(11-24)25(2)17(26)16-10-22-9-15(23-16)12-3-5-13(6-4-12)18(19,20)21/h3-6,9-10,14H,7-8,11H2,1-2H3. The van der Waals surface area contributed by atoms with Crippen LogP contribution in [0.2, 0.25) is 0 Å². The highest BCUT2D eigenvalue weighted by Gasteiger charge is 2.30. The van der Waals surface area contributed by atoms with Crippen LogP contribution < -0.4 is 0 Å². The molecule has 1 aliphatic rings. The van der Waals surface area contributed by atoms with Gasteiger partial charge in [0.25, 0.3) is 5.91 Å². The van der Waals surface area contributed by atoms with Gasteiger partial charge in [0.2, 0.25) is 0 Å². The molecule has 1 aromatic heterocycles. The van der Waals surface area contributed by atoms with Crippen LogP contribution in [0.15, 0.2) is 36.7 Å². The van der Waals surface area contributed by atoms with Crippen LogP contribution in [0.1, 0.15) is 22.5 Å². The maximum absolute atomic E-state index is 12.7. The first-order valence-electron chi connectivity index (χ1n) is 8.21. The molecule has 0 radical (unpaired) electrons.